The number of nitrogens with one attached hydrogen (secondary N) is 1. The highest BCUT2D eigenvalue weighted by atomic mass is 35.5. The van der Waals surface area contributed by atoms with Crippen LogP contribution in [0, 0.1) is 0 Å². The minimum absolute atomic E-state index is 0.0960. The number of alkyl carbamates (subject to hydrolysis) is 1. The van der Waals surface area contributed by atoms with Crippen molar-refractivity contribution in [1.29, 1.82) is 0 Å². The Morgan fingerprint density at radius 3 is 2.55 bits per heavy atom. The van der Waals surface area contributed by atoms with E-state index in [1.165, 1.54) is 6.20 Å². The molecule has 6 nitrogen and oxygen atoms in total. The second kappa shape index (κ2) is 6.56. The summed E-state index contributed by atoms with van der Waals surface area (Å²) in [5.41, 5.74) is -0.0348. The van der Waals surface area contributed by atoms with Crippen LogP contribution < -0.4 is 5.32 Å². The highest BCUT2D eigenvalue weighted by Crippen LogP contribution is 2.10. The Labute approximate surface area is 122 Å². The van der Waals surface area contributed by atoms with Crippen LogP contribution in [0.1, 0.15) is 26.3 Å². The third-order valence-electron chi connectivity index (χ3n) is 2.22. The lowest BCUT2D eigenvalue weighted by Crippen LogP contribution is -2.44. The molecule has 0 aromatic carbocycles. The van der Waals surface area contributed by atoms with Gasteiger partial charge in [-0.25, -0.2) is 14.6 Å². The normalized spacial score (nSPS) is 12.6. The molecule has 1 atom stereocenters. The van der Waals surface area contributed by atoms with Gasteiger partial charge in [-0.1, -0.05) is 17.7 Å². The highest BCUT2D eigenvalue weighted by molar-refractivity contribution is 6.29. The summed E-state index contributed by atoms with van der Waals surface area (Å²) in [4.78, 5) is 26.6. The number of ether oxygens (including phenoxy) is 1. The van der Waals surface area contributed by atoms with Crippen LogP contribution in [0.3, 0.4) is 0 Å². The van der Waals surface area contributed by atoms with Crippen molar-refractivity contribution in [2.24, 2.45) is 0 Å². The summed E-state index contributed by atoms with van der Waals surface area (Å²) in [6, 6.07) is 2.12. The first kappa shape index (κ1) is 16.2. The summed E-state index contributed by atoms with van der Waals surface area (Å²) in [7, 11) is 0. The number of carboxylic acids is 1. The maximum atomic E-state index is 11.6. The number of hydrogen-bond donors (Lipinski definition) is 2. The Balaban J connectivity index is 2.68. The molecule has 1 aromatic heterocycles. The molecule has 0 aliphatic carbocycles. The predicted octanol–water partition coefficient (Wildman–Crippen LogP) is 2.26. The van der Waals surface area contributed by atoms with Crippen LogP contribution in [0.2, 0.25) is 5.15 Å². The fourth-order valence-corrected chi connectivity index (χ4v) is 1.52. The zero-order valence-corrected chi connectivity index (χ0v) is 12.3. The van der Waals surface area contributed by atoms with Crippen LogP contribution in [-0.2, 0) is 16.0 Å². The van der Waals surface area contributed by atoms with E-state index >= 15 is 0 Å². The fourth-order valence-electron chi connectivity index (χ4n) is 1.41. The van der Waals surface area contributed by atoms with Crippen molar-refractivity contribution in [3.05, 3.63) is 29.0 Å². The van der Waals surface area contributed by atoms with Gasteiger partial charge in [0.25, 0.3) is 0 Å². The SMILES string of the molecule is CC(C)(C)OC(=O)N[C@H](Cc1ccc(Cl)nc1)C(=O)O. The number of hydrogen-bond acceptors (Lipinski definition) is 4. The van der Waals surface area contributed by atoms with Crippen molar-refractivity contribution in [2.45, 2.75) is 38.8 Å². The van der Waals surface area contributed by atoms with Crippen LogP contribution in [0.4, 0.5) is 4.79 Å². The molecule has 0 fully saturated rings. The number of amides is 1. The molecule has 0 bridgehead atoms. The fraction of sp³-hybridized carbons (Fsp3) is 0.462. The molecule has 2 N–H and O–H groups in total. The summed E-state index contributed by atoms with van der Waals surface area (Å²) < 4.78 is 5.03. The molecule has 1 rings (SSSR count). The van der Waals surface area contributed by atoms with E-state index in [1.807, 2.05) is 0 Å². The van der Waals surface area contributed by atoms with Crippen molar-refractivity contribution < 1.29 is 19.4 Å². The monoisotopic (exact) mass is 300 g/mol. The number of nitrogens with zero attached hydrogens (tertiary/aromatic N) is 1. The van der Waals surface area contributed by atoms with Crippen LogP contribution >= 0.6 is 11.6 Å². The zero-order chi connectivity index (χ0) is 15.3. The van der Waals surface area contributed by atoms with Gasteiger partial charge in [0.2, 0.25) is 0 Å². The number of carbonyl (C=O) groups excluding carboxylic acids is 1. The van der Waals surface area contributed by atoms with E-state index in [0.29, 0.717) is 10.7 Å². The van der Waals surface area contributed by atoms with Crippen molar-refractivity contribution in [1.82, 2.24) is 10.3 Å². The summed E-state index contributed by atoms with van der Waals surface area (Å²) >= 11 is 5.65. The van der Waals surface area contributed by atoms with E-state index in [-0.39, 0.29) is 6.42 Å². The second-order valence-corrected chi connectivity index (χ2v) is 5.62. The number of aromatic nitrogens is 1. The van der Waals surface area contributed by atoms with Crippen LogP contribution in [0.15, 0.2) is 18.3 Å². The quantitative estimate of drug-likeness (QED) is 0.833. The summed E-state index contributed by atoms with van der Waals surface area (Å²) in [6.07, 6.45) is 0.792. The van der Waals surface area contributed by atoms with E-state index in [2.05, 4.69) is 10.3 Å². The Kier molecular flexibility index (Phi) is 5.33. The average Bonchev–Trinajstić information content (AvgIpc) is 2.28. The van der Waals surface area contributed by atoms with Crippen molar-refractivity contribution in [2.75, 3.05) is 0 Å². The first-order valence-electron chi connectivity index (χ1n) is 6.00. The smallest absolute Gasteiger partial charge is 0.408 e. The molecule has 0 unspecified atom stereocenters. The summed E-state index contributed by atoms with van der Waals surface area (Å²) in [5, 5.41) is 11.8. The molecule has 110 valence electrons. The van der Waals surface area contributed by atoms with Crippen molar-refractivity contribution in [3.63, 3.8) is 0 Å². The van der Waals surface area contributed by atoms with Gasteiger partial charge in [0.1, 0.15) is 16.8 Å². The van der Waals surface area contributed by atoms with Crippen LogP contribution in [0.5, 0.6) is 0 Å². The topological polar surface area (TPSA) is 88.5 Å². The second-order valence-electron chi connectivity index (χ2n) is 5.23. The summed E-state index contributed by atoms with van der Waals surface area (Å²) in [6.45, 7) is 5.10. The first-order valence-corrected chi connectivity index (χ1v) is 6.38. The molecule has 1 aromatic rings. The molecular formula is C13H17ClN2O4. The third kappa shape index (κ3) is 5.88. The lowest BCUT2D eigenvalue weighted by atomic mass is 10.1. The maximum absolute atomic E-state index is 11.6. The van der Waals surface area contributed by atoms with Gasteiger partial charge in [0, 0.05) is 12.6 Å². The Morgan fingerprint density at radius 2 is 2.10 bits per heavy atom. The molecule has 20 heavy (non-hydrogen) atoms. The molecule has 1 amide bonds. The number of halogens is 1. The Morgan fingerprint density at radius 1 is 1.45 bits per heavy atom. The van der Waals surface area contributed by atoms with Crippen LogP contribution in [-0.4, -0.2) is 33.8 Å². The van der Waals surface area contributed by atoms with E-state index in [4.69, 9.17) is 21.4 Å². The molecule has 0 saturated carbocycles. The molecule has 1 heterocycles. The van der Waals surface area contributed by atoms with Crippen molar-refractivity contribution >= 4 is 23.7 Å². The molecule has 0 aliphatic heterocycles. The van der Waals surface area contributed by atoms with Gasteiger partial charge < -0.3 is 15.2 Å². The number of carbonyl (C=O) groups is 2. The van der Waals surface area contributed by atoms with Crippen LogP contribution in [0.25, 0.3) is 0 Å². The van der Waals surface area contributed by atoms with E-state index in [1.54, 1.807) is 32.9 Å². The Hall–Kier alpha value is -1.82. The van der Waals surface area contributed by atoms with Gasteiger partial charge in [0.15, 0.2) is 0 Å². The van der Waals surface area contributed by atoms with Gasteiger partial charge in [0.05, 0.1) is 0 Å². The standard InChI is InChI=1S/C13H17ClN2O4/c1-13(2,3)20-12(19)16-9(11(17)18)6-8-4-5-10(14)15-7-8/h4-5,7,9H,6H2,1-3H3,(H,16,19)(H,17,18)/t9-/m1/s1. The predicted molar refractivity (Wildman–Crippen MR) is 73.7 cm³/mol. The number of pyridine rings is 1. The highest BCUT2D eigenvalue weighted by Gasteiger charge is 2.24. The van der Waals surface area contributed by atoms with Gasteiger partial charge in [-0.05, 0) is 32.4 Å². The van der Waals surface area contributed by atoms with Gasteiger partial charge in [-0.15, -0.1) is 0 Å². The zero-order valence-electron chi connectivity index (χ0n) is 11.5. The number of carboxylic acid groups (broad SMARTS) is 1. The van der Waals surface area contributed by atoms with E-state index in [9.17, 15) is 9.59 Å². The van der Waals surface area contributed by atoms with Gasteiger partial charge in [-0.2, -0.15) is 0 Å². The largest absolute Gasteiger partial charge is 0.480 e. The van der Waals surface area contributed by atoms with Gasteiger partial charge in [-0.3, -0.25) is 0 Å². The summed E-state index contributed by atoms with van der Waals surface area (Å²) in [5.74, 6) is -1.15. The van der Waals surface area contributed by atoms with Gasteiger partial charge >= 0.3 is 12.1 Å². The minimum atomic E-state index is -1.15. The lowest BCUT2D eigenvalue weighted by molar-refractivity contribution is -0.139. The van der Waals surface area contributed by atoms with E-state index < -0.39 is 23.7 Å². The molecule has 0 saturated heterocycles. The average molecular weight is 301 g/mol. The molecule has 0 spiro atoms. The maximum Gasteiger partial charge on any atom is 0.408 e. The first-order chi connectivity index (χ1) is 9.17. The number of aliphatic carboxylic acids is 1. The molecule has 0 radical (unpaired) electrons. The molecular weight excluding hydrogens is 284 g/mol. The Bertz CT molecular complexity index is 482. The van der Waals surface area contributed by atoms with Crippen molar-refractivity contribution in [3.8, 4) is 0 Å². The molecule has 7 heteroatoms. The minimum Gasteiger partial charge on any atom is -0.480 e. The lowest BCUT2D eigenvalue weighted by Gasteiger charge is -2.22. The van der Waals surface area contributed by atoms with E-state index in [0.717, 1.165) is 0 Å². The third-order valence-corrected chi connectivity index (χ3v) is 2.44. The number of rotatable bonds is 4. The molecule has 0 aliphatic rings.